The monoisotopic (exact) mass is 441 g/mol. The highest BCUT2D eigenvalue weighted by Crippen LogP contribution is 2.16. The molecular formula is C20H16BrN3O2S. The van der Waals surface area contributed by atoms with Crippen LogP contribution in [0.3, 0.4) is 0 Å². The number of thiophene rings is 1. The molecular weight excluding hydrogens is 426 g/mol. The Hall–Kier alpha value is -2.77. The largest absolute Gasteiger partial charge is 0.321 e. The summed E-state index contributed by atoms with van der Waals surface area (Å²) in [5.74, 6) is -0.425. The summed E-state index contributed by atoms with van der Waals surface area (Å²) in [6.45, 7) is 1.81. The number of carbonyl (C=O) groups excluding carboxylic acids is 2. The molecule has 3 aromatic rings. The van der Waals surface area contributed by atoms with Gasteiger partial charge in [-0.3, -0.25) is 9.59 Å². The van der Waals surface area contributed by atoms with Crippen LogP contribution >= 0.6 is 27.3 Å². The van der Waals surface area contributed by atoms with E-state index in [0.717, 1.165) is 5.56 Å². The molecule has 0 aliphatic heterocycles. The van der Waals surface area contributed by atoms with Crippen LogP contribution in [0.1, 0.15) is 32.5 Å². The predicted molar refractivity (Wildman–Crippen MR) is 113 cm³/mol. The molecule has 0 fully saturated rings. The number of hydrazone groups is 1. The van der Waals surface area contributed by atoms with Crippen LogP contribution in [0.25, 0.3) is 0 Å². The zero-order valence-electron chi connectivity index (χ0n) is 14.4. The minimum Gasteiger partial charge on any atom is -0.321 e. The number of anilines is 1. The summed E-state index contributed by atoms with van der Waals surface area (Å²) in [5, 5.41) is 8.86. The molecule has 27 heavy (non-hydrogen) atoms. The Bertz CT molecular complexity index is 983. The van der Waals surface area contributed by atoms with Gasteiger partial charge in [0.1, 0.15) is 0 Å². The summed E-state index contributed by atoms with van der Waals surface area (Å²) in [5.41, 5.74) is 5.27. The molecule has 5 nitrogen and oxygen atoms in total. The number of hydrogen-bond donors (Lipinski definition) is 2. The van der Waals surface area contributed by atoms with Gasteiger partial charge in [-0.25, -0.2) is 5.43 Å². The number of nitrogens with zero attached hydrogens (tertiary/aromatic N) is 1. The van der Waals surface area contributed by atoms with E-state index < -0.39 is 0 Å². The highest BCUT2D eigenvalue weighted by Gasteiger charge is 2.09. The molecule has 136 valence electrons. The average Bonchev–Trinajstić information content (AvgIpc) is 3.22. The number of nitrogens with one attached hydrogen (secondary N) is 2. The fourth-order valence-electron chi connectivity index (χ4n) is 2.30. The Labute approximate surface area is 169 Å². The molecule has 0 saturated heterocycles. The molecule has 0 bridgehead atoms. The molecule has 1 aromatic heterocycles. The molecule has 3 rings (SSSR count). The first kappa shape index (κ1) is 19.0. The number of amides is 2. The van der Waals surface area contributed by atoms with E-state index >= 15 is 0 Å². The lowest BCUT2D eigenvalue weighted by atomic mass is 10.1. The van der Waals surface area contributed by atoms with Crippen molar-refractivity contribution < 1.29 is 9.59 Å². The quantitative estimate of drug-likeness (QED) is 0.435. The van der Waals surface area contributed by atoms with Gasteiger partial charge in [-0.1, -0.05) is 30.3 Å². The molecule has 0 saturated carbocycles. The van der Waals surface area contributed by atoms with Crippen molar-refractivity contribution >= 4 is 50.5 Å². The van der Waals surface area contributed by atoms with Gasteiger partial charge >= 0.3 is 0 Å². The van der Waals surface area contributed by atoms with Gasteiger partial charge in [0.05, 0.1) is 16.2 Å². The Kier molecular flexibility index (Phi) is 6.16. The third-order valence-electron chi connectivity index (χ3n) is 3.75. The smallest absolute Gasteiger partial charge is 0.272 e. The van der Waals surface area contributed by atoms with Crippen molar-refractivity contribution in [1.29, 1.82) is 0 Å². The number of rotatable bonds is 5. The van der Waals surface area contributed by atoms with Crippen molar-refractivity contribution in [2.45, 2.75) is 6.92 Å². The first-order valence-corrected chi connectivity index (χ1v) is 9.76. The molecule has 2 aromatic carbocycles. The van der Waals surface area contributed by atoms with Crippen molar-refractivity contribution in [3.63, 3.8) is 0 Å². The molecule has 2 N–H and O–H groups in total. The van der Waals surface area contributed by atoms with Gasteiger partial charge in [0, 0.05) is 10.2 Å². The topological polar surface area (TPSA) is 70.6 Å². The molecule has 1 heterocycles. The molecule has 0 spiro atoms. The predicted octanol–water partition coefficient (Wildman–Crippen LogP) is 4.92. The number of hydrogen-bond acceptors (Lipinski definition) is 4. The number of carbonyl (C=O) groups is 2. The van der Waals surface area contributed by atoms with Crippen LogP contribution in [0, 0.1) is 0 Å². The minimum absolute atomic E-state index is 0.135. The van der Waals surface area contributed by atoms with Crippen LogP contribution in [0.4, 0.5) is 5.69 Å². The fraction of sp³-hybridized carbons (Fsp3) is 0.0500. The third kappa shape index (κ3) is 4.90. The summed E-state index contributed by atoms with van der Waals surface area (Å²) in [7, 11) is 0. The molecule has 7 heteroatoms. The summed E-state index contributed by atoms with van der Waals surface area (Å²) in [6.07, 6.45) is 0. The third-order valence-corrected chi connectivity index (χ3v) is 5.31. The zero-order valence-corrected chi connectivity index (χ0v) is 16.8. The van der Waals surface area contributed by atoms with E-state index in [-0.39, 0.29) is 11.8 Å². The Morgan fingerprint density at radius 1 is 0.963 bits per heavy atom. The van der Waals surface area contributed by atoms with Gasteiger partial charge in [-0.15, -0.1) is 11.3 Å². The SMILES string of the molecule is CC(=NNC(=O)c1ccccc1Br)c1ccc(NC(=O)c2cccs2)cc1. The summed E-state index contributed by atoms with van der Waals surface area (Å²) < 4.78 is 0.709. The van der Waals surface area contributed by atoms with Crippen molar-refractivity contribution in [3.8, 4) is 0 Å². The highest BCUT2D eigenvalue weighted by atomic mass is 79.9. The van der Waals surface area contributed by atoms with Crippen molar-refractivity contribution in [2.24, 2.45) is 5.10 Å². The second-order valence-corrected chi connectivity index (χ2v) is 7.43. The normalized spacial score (nSPS) is 11.1. The lowest BCUT2D eigenvalue weighted by Gasteiger charge is -2.07. The fourth-order valence-corrected chi connectivity index (χ4v) is 3.38. The Morgan fingerprint density at radius 3 is 2.37 bits per heavy atom. The van der Waals surface area contributed by atoms with Crippen molar-refractivity contribution in [2.75, 3.05) is 5.32 Å². The van der Waals surface area contributed by atoms with Gasteiger partial charge in [0.2, 0.25) is 0 Å². The minimum atomic E-state index is -0.290. The highest BCUT2D eigenvalue weighted by molar-refractivity contribution is 9.10. The van der Waals surface area contributed by atoms with Gasteiger partial charge in [0.25, 0.3) is 11.8 Å². The first-order chi connectivity index (χ1) is 13.0. The van der Waals surface area contributed by atoms with Crippen molar-refractivity contribution in [3.05, 3.63) is 86.5 Å². The number of halogens is 1. The van der Waals surface area contributed by atoms with Gasteiger partial charge in [0.15, 0.2) is 0 Å². The second kappa shape index (κ2) is 8.75. The summed E-state index contributed by atoms with van der Waals surface area (Å²) in [6, 6.07) is 18.0. The summed E-state index contributed by atoms with van der Waals surface area (Å²) in [4.78, 5) is 24.9. The van der Waals surface area contributed by atoms with Crippen molar-refractivity contribution in [1.82, 2.24) is 5.43 Å². The Morgan fingerprint density at radius 2 is 1.70 bits per heavy atom. The van der Waals surface area contributed by atoms with E-state index in [4.69, 9.17) is 0 Å². The molecule has 0 aliphatic rings. The maximum Gasteiger partial charge on any atom is 0.272 e. The van der Waals surface area contributed by atoms with E-state index in [1.807, 2.05) is 29.6 Å². The van der Waals surface area contributed by atoms with Gasteiger partial charge < -0.3 is 5.32 Å². The standard InChI is InChI=1S/C20H16BrN3O2S/c1-13(23-24-19(25)16-5-2-3-6-17(16)21)14-8-10-15(11-9-14)22-20(26)18-7-4-12-27-18/h2-12H,1H3,(H,22,26)(H,24,25). The summed E-state index contributed by atoms with van der Waals surface area (Å²) >= 11 is 4.74. The van der Waals surface area contributed by atoms with Crippen LogP contribution in [0.5, 0.6) is 0 Å². The lowest BCUT2D eigenvalue weighted by Crippen LogP contribution is -2.19. The average molecular weight is 442 g/mol. The molecule has 0 atom stereocenters. The second-order valence-electron chi connectivity index (χ2n) is 5.63. The maximum atomic E-state index is 12.2. The molecule has 0 unspecified atom stereocenters. The van der Waals surface area contributed by atoms with E-state index in [2.05, 4.69) is 31.8 Å². The van der Waals surface area contributed by atoms with Crippen LogP contribution in [0.2, 0.25) is 0 Å². The maximum absolute atomic E-state index is 12.2. The Balaban J connectivity index is 1.64. The lowest BCUT2D eigenvalue weighted by molar-refractivity contribution is 0.0953. The van der Waals surface area contributed by atoms with Crippen LogP contribution in [-0.2, 0) is 0 Å². The van der Waals surface area contributed by atoms with E-state index in [1.54, 1.807) is 43.3 Å². The molecule has 2 amide bonds. The van der Waals surface area contributed by atoms with Crippen LogP contribution in [0.15, 0.2) is 75.6 Å². The van der Waals surface area contributed by atoms with E-state index in [1.165, 1.54) is 11.3 Å². The van der Waals surface area contributed by atoms with Gasteiger partial charge in [-0.05, 0) is 64.1 Å². The molecule has 0 aliphatic carbocycles. The van der Waals surface area contributed by atoms with E-state index in [0.29, 0.717) is 26.3 Å². The molecule has 0 radical (unpaired) electrons. The zero-order chi connectivity index (χ0) is 19.2. The van der Waals surface area contributed by atoms with Crippen LogP contribution < -0.4 is 10.7 Å². The number of benzene rings is 2. The van der Waals surface area contributed by atoms with E-state index in [9.17, 15) is 9.59 Å². The van der Waals surface area contributed by atoms with Gasteiger partial charge in [-0.2, -0.15) is 5.10 Å². The van der Waals surface area contributed by atoms with Crippen LogP contribution in [-0.4, -0.2) is 17.5 Å². The first-order valence-electron chi connectivity index (χ1n) is 8.09.